The molecule has 0 saturated carbocycles. The number of likely N-dealkylation sites (tertiary alicyclic amines) is 1. The van der Waals surface area contributed by atoms with E-state index in [-0.39, 0.29) is 11.9 Å². The fourth-order valence-corrected chi connectivity index (χ4v) is 3.37. The third-order valence-electron chi connectivity index (χ3n) is 3.92. The van der Waals surface area contributed by atoms with Crippen LogP contribution in [0.3, 0.4) is 0 Å². The Bertz CT molecular complexity index is 568. The average molecular weight is 305 g/mol. The van der Waals surface area contributed by atoms with Crippen molar-refractivity contribution in [3.63, 3.8) is 0 Å². The monoisotopic (exact) mass is 305 g/mol. The van der Waals surface area contributed by atoms with E-state index in [0.29, 0.717) is 11.2 Å². The zero-order valence-electron chi connectivity index (χ0n) is 12.0. The van der Waals surface area contributed by atoms with Crippen molar-refractivity contribution in [3.05, 3.63) is 30.0 Å². The third kappa shape index (κ3) is 3.30. The second-order valence-electron chi connectivity index (χ2n) is 5.26. The predicted molar refractivity (Wildman–Crippen MR) is 82.2 cm³/mol. The van der Waals surface area contributed by atoms with Gasteiger partial charge in [-0.1, -0.05) is 0 Å². The topological polar surface area (TPSA) is 63.1 Å². The van der Waals surface area contributed by atoms with Crippen LogP contribution in [0.1, 0.15) is 19.8 Å². The molecule has 2 aromatic rings. The van der Waals surface area contributed by atoms with Crippen molar-refractivity contribution in [2.45, 2.75) is 38.4 Å². The molecule has 1 aliphatic heterocycles. The standard InChI is InChI=1S/C14H19N5OS/c1-11(13(20)17-14-15-6-9-21-14)19-8-2-4-12(19)10-18-7-3-5-16-18/h3,5-7,9,11-12H,2,4,8,10H2,1H3,(H,15,17,20)/t11-,12+/m0/s1. The smallest absolute Gasteiger partial charge is 0.243 e. The van der Waals surface area contributed by atoms with Crippen molar-refractivity contribution in [2.24, 2.45) is 0 Å². The molecular formula is C14H19N5OS. The molecule has 112 valence electrons. The van der Waals surface area contributed by atoms with Crippen LogP contribution in [0.25, 0.3) is 0 Å². The average Bonchev–Trinajstić information content (AvgIpc) is 3.20. The molecule has 0 aliphatic carbocycles. The molecule has 0 aromatic carbocycles. The fraction of sp³-hybridized carbons (Fsp3) is 0.500. The summed E-state index contributed by atoms with van der Waals surface area (Å²) in [5.41, 5.74) is 0. The number of nitrogens with one attached hydrogen (secondary N) is 1. The van der Waals surface area contributed by atoms with E-state index in [1.807, 2.05) is 29.2 Å². The van der Waals surface area contributed by atoms with E-state index in [1.165, 1.54) is 11.3 Å². The molecule has 2 aromatic heterocycles. The van der Waals surface area contributed by atoms with E-state index in [9.17, 15) is 4.79 Å². The van der Waals surface area contributed by atoms with Gasteiger partial charge in [0.05, 0.1) is 12.6 Å². The first-order valence-corrected chi connectivity index (χ1v) is 8.05. The van der Waals surface area contributed by atoms with Crippen LogP contribution in [0.2, 0.25) is 0 Å². The van der Waals surface area contributed by atoms with Gasteiger partial charge in [-0.25, -0.2) is 4.98 Å². The summed E-state index contributed by atoms with van der Waals surface area (Å²) in [6, 6.07) is 2.14. The van der Waals surface area contributed by atoms with E-state index >= 15 is 0 Å². The number of thiazole rings is 1. The highest BCUT2D eigenvalue weighted by molar-refractivity contribution is 7.13. The number of aromatic nitrogens is 3. The zero-order chi connectivity index (χ0) is 14.7. The van der Waals surface area contributed by atoms with E-state index < -0.39 is 0 Å². The molecule has 1 N–H and O–H groups in total. The second kappa shape index (κ2) is 6.36. The molecule has 1 fully saturated rings. The Hall–Kier alpha value is -1.73. The number of rotatable bonds is 5. The summed E-state index contributed by atoms with van der Waals surface area (Å²) in [5.74, 6) is 0.0114. The van der Waals surface area contributed by atoms with Gasteiger partial charge in [-0.3, -0.25) is 14.4 Å². The van der Waals surface area contributed by atoms with Crippen LogP contribution in [-0.2, 0) is 11.3 Å². The van der Waals surface area contributed by atoms with Crippen LogP contribution in [0.15, 0.2) is 30.0 Å². The minimum atomic E-state index is -0.156. The number of nitrogens with zero attached hydrogens (tertiary/aromatic N) is 4. The van der Waals surface area contributed by atoms with Crippen LogP contribution >= 0.6 is 11.3 Å². The number of carbonyl (C=O) groups excluding carboxylic acids is 1. The molecule has 21 heavy (non-hydrogen) atoms. The van der Waals surface area contributed by atoms with Gasteiger partial charge in [0.1, 0.15) is 0 Å². The predicted octanol–water partition coefficient (Wildman–Crippen LogP) is 1.83. The van der Waals surface area contributed by atoms with Gasteiger partial charge in [0, 0.05) is 30.0 Å². The summed E-state index contributed by atoms with van der Waals surface area (Å²) in [6.07, 6.45) is 7.69. The molecular weight excluding hydrogens is 286 g/mol. The second-order valence-corrected chi connectivity index (χ2v) is 6.16. The number of hydrogen-bond acceptors (Lipinski definition) is 5. The van der Waals surface area contributed by atoms with Crippen LogP contribution in [-0.4, -0.2) is 44.2 Å². The van der Waals surface area contributed by atoms with E-state index in [0.717, 1.165) is 25.9 Å². The molecule has 1 aliphatic rings. The SMILES string of the molecule is C[C@@H](C(=O)Nc1nccs1)N1CCC[C@@H]1Cn1cccn1. The highest BCUT2D eigenvalue weighted by Gasteiger charge is 2.32. The maximum Gasteiger partial charge on any atom is 0.243 e. The Morgan fingerprint density at radius 1 is 1.57 bits per heavy atom. The van der Waals surface area contributed by atoms with Crippen LogP contribution < -0.4 is 5.32 Å². The Balaban J connectivity index is 1.62. The lowest BCUT2D eigenvalue weighted by molar-refractivity contribution is -0.121. The van der Waals surface area contributed by atoms with Crippen molar-refractivity contribution in [2.75, 3.05) is 11.9 Å². The fourth-order valence-electron chi connectivity index (χ4n) is 2.83. The lowest BCUT2D eigenvalue weighted by Gasteiger charge is -2.29. The van der Waals surface area contributed by atoms with Gasteiger partial charge in [0.25, 0.3) is 0 Å². The third-order valence-corrected chi connectivity index (χ3v) is 4.61. The first kappa shape index (κ1) is 14.2. The maximum atomic E-state index is 12.3. The molecule has 6 nitrogen and oxygen atoms in total. The van der Waals surface area contributed by atoms with Gasteiger partial charge in [-0.2, -0.15) is 5.10 Å². The summed E-state index contributed by atoms with van der Waals surface area (Å²) in [4.78, 5) is 18.7. The van der Waals surface area contributed by atoms with E-state index in [4.69, 9.17) is 0 Å². The normalized spacial score (nSPS) is 20.5. The van der Waals surface area contributed by atoms with Gasteiger partial charge >= 0.3 is 0 Å². The summed E-state index contributed by atoms with van der Waals surface area (Å²) in [6.45, 7) is 3.75. The largest absolute Gasteiger partial charge is 0.301 e. The molecule has 0 unspecified atom stereocenters. The zero-order valence-corrected chi connectivity index (χ0v) is 12.8. The minimum absolute atomic E-state index is 0.0114. The van der Waals surface area contributed by atoms with Gasteiger partial charge in [0.15, 0.2) is 5.13 Å². The minimum Gasteiger partial charge on any atom is -0.301 e. The maximum absolute atomic E-state index is 12.3. The molecule has 2 atom stereocenters. The summed E-state index contributed by atoms with van der Waals surface area (Å²) >= 11 is 1.44. The Morgan fingerprint density at radius 3 is 3.19 bits per heavy atom. The first-order chi connectivity index (χ1) is 10.2. The van der Waals surface area contributed by atoms with Gasteiger partial charge < -0.3 is 5.32 Å². The van der Waals surface area contributed by atoms with Gasteiger partial charge in [-0.05, 0) is 32.4 Å². The Morgan fingerprint density at radius 2 is 2.48 bits per heavy atom. The number of carbonyl (C=O) groups is 1. The Labute approximate surface area is 127 Å². The summed E-state index contributed by atoms with van der Waals surface area (Å²) < 4.78 is 1.94. The highest BCUT2D eigenvalue weighted by Crippen LogP contribution is 2.22. The highest BCUT2D eigenvalue weighted by atomic mass is 32.1. The van der Waals surface area contributed by atoms with Gasteiger partial charge in [-0.15, -0.1) is 11.3 Å². The molecule has 0 bridgehead atoms. The van der Waals surface area contributed by atoms with E-state index in [2.05, 4.69) is 20.3 Å². The molecule has 7 heteroatoms. The first-order valence-electron chi connectivity index (χ1n) is 7.17. The summed E-state index contributed by atoms with van der Waals surface area (Å²) in [7, 11) is 0. The van der Waals surface area contributed by atoms with Crippen LogP contribution in [0.4, 0.5) is 5.13 Å². The number of anilines is 1. The van der Waals surface area contributed by atoms with E-state index in [1.54, 1.807) is 12.4 Å². The molecule has 3 heterocycles. The number of amides is 1. The van der Waals surface area contributed by atoms with Crippen molar-refractivity contribution in [1.29, 1.82) is 0 Å². The lowest BCUT2D eigenvalue weighted by Crippen LogP contribution is -2.46. The van der Waals surface area contributed by atoms with Crippen molar-refractivity contribution < 1.29 is 4.79 Å². The van der Waals surface area contributed by atoms with Crippen molar-refractivity contribution in [1.82, 2.24) is 19.7 Å². The number of hydrogen-bond donors (Lipinski definition) is 1. The molecule has 0 radical (unpaired) electrons. The van der Waals surface area contributed by atoms with Crippen molar-refractivity contribution >= 4 is 22.4 Å². The molecule has 1 amide bonds. The quantitative estimate of drug-likeness (QED) is 0.915. The van der Waals surface area contributed by atoms with Crippen LogP contribution in [0.5, 0.6) is 0 Å². The summed E-state index contributed by atoms with van der Waals surface area (Å²) in [5, 5.41) is 9.66. The molecule has 1 saturated heterocycles. The Kier molecular flexibility index (Phi) is 4.31. The molecule has 3 rings (SSSR count). The lowest BCUT2D eigenvalue weighted by atomic mass is 10.2. The van der Waals surface area contributed by atoms with Crippen LogP contribution in [0, 0.1) is 0 Å². The van der Waals surface area contributed by atoms with Crippen molar-refractivity contribution in [3.8, 4) is 0 Å². The molecule has 0 spiro atoms. The van der Waals surface area contributed by atoms with Gasteiger partial charge in [0.2, 0.25) is 5.91 Å².